The van der Waals surface area contributed by atoms with Crippen molar-refractivity contribution in [1.29, 1.82) is 0 Å². The Labute approximate surface area is 137 Å². The number of aromatic carboxylic acids is 1. The first-order valence-electron chi connectivity index (χ1n) is 6.01. The van der Waals surface area contributed by atoms with E-state index in [9.17, 15) is 23.1 Å². The van der Waals surface area contributed by atoms with Crippen molar-refractivity contribution in [2.24, 2.45) is 0 Å². The maximum atomic E-state index is 12.7. The van der Waals surface area contributed by atoms with Gasteiger partial charge in [-0.3, -0.25) is 0 Å². The highest BCUT2D eigenvalue weighted by Gasteiger charge is 2.30. The van der Waals surface area contributed by atoms with Crippen molar-refractivity contribution in [1.82, 2.24) is 9.97 Å². The van der Waals surface area contributed by atoms with Gasteiger partial charge in [0, 0.05) is 5.69 Å². The van der Waals surface area contributed by atoms with Crippen molar-refractivity contribution in [3.63, 3.8) is 0 Å². The van der Waals surface area contributed by atoms with E-state index in [2.05, 4.69) is 15.3 Å². The first-order valence-corrected chi connectivity index (χ1v) is 7.61. The Hall–Kier alpha value is -2.00. The lowest BCUT2D eigenvalue weighted by Gasteiger charge is -2.12. The molecular weight excluding hydrogens is 355 g/mol. The Balaban J connectivity index is 2.47. The van der Waals surface area contributed by atoms with Gasteiger partial charge in [-0.15, -0.1) is 0 Å². The second-order valence-corrected chi connectivity index (χ2v) is 5.36. The number of hydrogen-bond donors (Lipinski definition) is 2. The molecule has 0 aliphatic carbocycles. The third-order valence-electron chi connectivity index (χ3n) is 2.69. The van der Waals surface area contributed by atoms with Crippen LogP contribution in [0, 0.1) is 0 Å². The van der Waals surface area contributed by atoms with Crippen LogP contribution in [-0.2, 0) is 6.18 Å². The molecular formula is C13H9ClF3N3O2S. The molecule has 0 saturated carbocycles. The zero-order valence-corrected chi connectivity index (χ0v) is 13.1. The third kappa shape index (κ3) is 4.05. The standard InChI is InChI=1S/C13H9ClF3N3O2S/c1-23-12-19-9(14)8(11(21)22)10(20-12)18-7-4-2-3-6(5-7)13(15,16)17/h2-5H,1H3,(H,21,22)(H,18,19,20). The molecule has 0 atom stereocenters. The average molecular weight is 364 g/mol. The van der Waals surface area contributed by atoms with E-state index in [1.54, 1.807) is 6.26 Å². The lowest BCUT2D eigenvalue weighted by molar-refractivity contribution is -0.137. The Bertz CT molecular complexity index is 756. The van der Waals surface area contributed by atoms with Gasteiger partial charge in [0.15, 0.2) is 11.0 Å². The number of halogens is 4. The number of aromatic nitrogens is 2. The van der Waals surface area contributed by atoms with Gasteiger partial charge in [0.1, 0.15) is 10.7 Å². The quantitative estimate of drug-likeness (QED) is 0.479. The Morgan fingerprint density at radius 3 is 2.61 bits per heavy atom. The van der Waals surface area contributed by atoms with E-state index in [0.29, 0.717) is 0 Å². The van der Waals surface area contributed by atoms with E-state index in [4.69, 9.17) is 11.6 Å². The molecule has 0 amide bonds. The summed E-state index contributed by atoms with van der Waals surface area (Å²) in [6.07, 6.45) is -2.86. The van der Waals surface area contributed by atoms with Crippen molar-refractivity contribution in [2.75, 3.05) is 11.6 Å². The van der Waals surface area contributed by atoms with E-state index in [0.717, 1.165) is 23.9 Å². The van der Waals surface area contributed by atoms with Gasteiger partial charge in [-0.1, -0.05) is 29.4 Å². The first-order chi connectivity index (χ1) is 10.7. The van der Waals surface area contributed by atoms with Crippen LogP contribution < -0.4 is 5.32 Å². The molecule has 0 saturated heterocycles. The summed E-state index contributed by atoms with van der Waals surface area (Å²) in [5.74, 6) is -1.57. The first kappa shape index (κ1) is 17.4. The summed E-state index contributed by atoms with van der Waals surface area (Å²) in [5.41, 5.74) is -1.25. The number of benzene rings is 1. The number of hydrogen-bond acceptors (Lipinski definition) is 5. The van der Waals surface area contributed by atoms with Gasteiger partial charge in [0.25, 0.3) is 0 Å². The highest BCUT2D eigenvalue weighted by Crippen LogP contribution is 2.32. The van der Waals surface area contributed by atoms with Crippen molar-refractivity contribution < 1.29 is 23.1 Å². The van der Waals surface area contributed by atoms with Crippen LogP contribution >= 0.6 is 23.4 Å². The van der Waals surface area contributed by atoms with Crippen LogP contribution in [0.5, 0.6) is 0 Å². The van der Waals surface area contributed by atoms with E-state index in [1.165, 1.54) is 12.1 Å². The number of nitrogens with zero attached hydrogens (tertiary/aromatic N) is 2. The maximum Gasteiger partial charge on any atom is 0.416 e. The number of alkyl halides is 3. The van der Waals surface area contributed by atoms with Gasteiger partial charge in [-0.25, -0.2) is 14.8 Å². The highest BCUT2D eigenvalue weighted by atomic mass is 35.5. The fourth-order valence-electron chi connectivity index (χ4n) is 1.70. The molecule has 23 heavy (non-hydrogen) atoms. The van der Waals surface area contributed by atoms with Crippen LogP contribution in [0.4, 0.5) is 24.7 Å². The topological polar surface area (TPSA) is 75.1 Å². The predicted molar refractivity (Wildman–Crippen MR) is 80.5 cm³/mol. The number of carbonyl (C=O) groups is 1. The molecule has 0 spiro atoms. The Morgan fingerprint density at radius 2 is 2.04 bits per heavy atom. The summed E-state index contributed by atoms with van der Waals surface area (Å²) in [6, 6.07) is 4.31. The SMILES string of the molecule is CSc1nc(Cl)c(C(=O)O)c(Nc2cccc(C(F)(F)F)c2)n1. The molecule has 0 radical (unpaired) electrons. The molecule has 2 N–H and O–H groups in total. The zero-order chi connectivity index (χ0) is 17.2. The molecule has 0 unspecified atom stereocenters. The molecule has 10 heteroatoms. The van der Waals surface area contributed by atoms with Crippen LogP contribution in [0.2, 0.25) is 5.15 Å². The molecule has 0 aliphatic rings. The van der Waals surface area contributed by atoms with Crippen LogP contribution in [0.15, 0.2) is 29.4 Å². The summed E-state index contributed by atoms with van der Waals surface area (Å²) in [5, 5.41) is 11.6. The molecule has 2 rings (SSSR count). The van der Waals surface area contributed by atoms with Crippen molar-refractivity contribution in [2.45, 2.75) is 11.3 Å². The van der Waals surface area contributed by atoms with E-state index < -0.39 is 23.3 Å². The van der Waals surface area contributed by atoms with E-state index >= 15 is 0 Å². The second-order valence-electron chi connectivity index (χ2n) is 4.23. The van der Waals surface area contributed by atoms with Gasteiger partial charge >= 0.3 is 12.1 Å². The monoisotopic (exact) mass is 363 g/mol. The molecule has 122 valence electrons. The van der Waals surface area contributed by atoms with Crippen molar-refractivity contribution in [3.05, 3.63) is 40.5 Å². The van der Waals surface area contributed by atoms with Gasteiger partial charge in [-0.05, 0) is 24.5 Å². The normalized spacial score (nSPS) is 11.3. The average Bonchev–Trinajstić information content (AvgIpc) is 2.45. The number of carboxylic acids is 1. The molecule has 2 aromatic rings. The van der Waals surface area contributed by atoms with E-state index in [1.807, 2.05) is 0 Å². The lowest BCUT2D eigenvalue weighted by Crippen LogP contribution is -2.09. The number of anilines is 2. The summed E-state index contributed by atoms with van der Waals surface area (Å²) in [4.78, 5) is 19.0. The number of thioether (sulfide) groups is 1. The number of nitrogens with one attached hydrogen (secondary N) is 1. The molecule has 0 aliphatic heterocycles. The number of carboxylic acid groups (broad SMARTS) is 1. The summed E-state index contributed by atoms with van der Waals surface area (Å²) >= 11 is 6.93. The van der Waals surface area contributed by atoms with Crippen molar-refractivity contribution in [3.8, 4) is 0 Å². The Kier molecular flexibility index (Phi) is 5.00. The van der Waals surface area contributed by atoms with Gasteiger partial charge in [-0.2, -0.15) is 13.2 Å². The van der Waals surface area contributed by atoms with Gasteiger partial charge < -0.3 is 10.4 Å². The van der Waals surface area contributed by atoms with Crippen molar-refractivity contribution >= 4 is 40.8 Å². The molecule has 1 heterocycles. The fourth-order valence-corrected chi connectivity index (χ4v) is 2.36. The van der Waals surface area contributed by atoms with Crippen LogP contribution in [0.1, 0.15) is 15.9 Å². The van der Waals surface area contributed by atoms with Crippen LogP contribution in [0.25, 0.3) is 0 Å². The summed E-state index contributed by atoms with van der Waals surface area (Å²) in [7, 11) is 0. The van der Waals surface area contributed by atoms with Gasteiger partial charge in [0.2, 0.25) is 0 Å². The minimum Gasteiger partial charge on any atom is -0.477 e. The summed E-state index contributed by atoms with van der Waals surface area (Å²) < 4.78 is 38.2. The van der Waals surface area contributed by atoms with Crippen LogP contribution in [-0.4, -0.2) is 27.3 Å². The third-order valence-corrected chi connectivity index (χ3v) is 3.51. The molecule has 0 bridgehead atoms. The lowest BCUT2D eigenvalue weighted by atomic mass is 10.2. The molecule has 1 aromatic carbocycles. The zero-order valence-electron chi connectivity index (χ0n) is 11.5. The highest BCUT2D eigenvalue weighted by molar-refractivity contribution is 7.98. The van der Waals surface area contributed by atoms with E-state index in [-0.39, 0.29) is 21.8 Å². The minimum absolute atomic E-state index is 0.0316. The van der Waals surface area contributed by atoms with Crippen LogP contribution in [0.3, 0.4) is 0 Å². The fraction of sp³-hybridized carbons (Fsp3) is 0.154. The summed E-state index contributed by atoms with van der Waals surface area (Å²) in [6.45, 7) is 0. The predicted octanol–water partition coefficient (Wildman–Crippen LogP) is 4.31. The molecule has 0 fully saturated rings. The Morgan fingerprint density at radius 1 is 1.35 bits per heavy atom. The maximum absolute atomic E-state index is 12.7. The van der Waals surface area contributed by atoms with Gasteiger partial charge in [0.05, 0.1) is 5.56 Å². The number of rotatable bonds is 4. The second kappa shape index (κ2) is 6.63. The largest absolute Gasteiger partial charge is 0.477 e. The molecule has 1 aromatic heterocycles. The smallest absolute Gasteiger partial charge is 0.416 e. The molecule has 5 nitrogen and oxygen atoms in total. The minimum atomic E-state index is -4.51.